The molecule has 150 valence electrons. The van der Waals surface area contributed by atoms with Crippen LogP contribution in [0.4, 0.5) is 32.0 Å². The Kier molecular flexibility index (Phi) is 6.95. The highest BCUT2D eigenvalue weighted by Crippen LogP contribution is 2.31. The van der Waals surface area contributed by atoms with Gasteiger partial charge in [0.05, 0.1) is 23.5 Å². The molecule has 0 aliphatic carbocycles. The van der Waals surface area contributed by atoms with E-state index in [0.29, 0.717) is 6.07 Å². The van der Waals surface area contributed by atoms with Crippen molar-refractivity contribution in [2.45, 2.75) is 11.1 Å². The molecule has 0 atom stereocenters. The van der Waals surface area contributed by atoms with Crippen LogP contribution in [0.25, 0.3) is 0 Å². The minimum atomic E-state index is -4.51. The van der Waals surface area contributed by atoms with Gasteiger partial charge >= 0.3 is 6.18 Å². The number of rotatable bonds is 6. The van der Waals surface area contributed by atoms with E-state index in [1.807, 2.05) is 5.32 Å². The van der Waals surface area contributed by atoms with Crippen molar-refractivity contribution in [3.8, 4) is 0 Å². The minimum absolute atomic E-state index is 0.207. The SMILES string of the molecule is O=C(CSc1cccc(C(F)(F)F)c1)NCC(=O)Nc1ccc(F)c(F)c1F. The molecule has 2 amide bonds. The predicted molar refractivity (Wildman–Crippen MR) is 90.1 cm³/mol. The normalized spacial score (nSPS) is 11.2. The zero-order valence-electron chi connectivity index (χ0n) is 13.9. The van der Waals surface area contributed by atoms with Gasteiger partial charge < -0.3 is 10.6 Å². The summed E-state index contributed by atoms with van der Waals surface area (Å²) in [5.74, 6) is -6.59. The van der Waals surface area contributed by atoms with Gasteiger partial charge in [-0.2, -0.15) is 13.2 Å². The molecule has 2 aromatic rings. The van der Waals surface area contributed by atoms with E-state index >= 15 is 0 Å². The molecule has 28 heavy (non-hydrogen) atoms. The second-order valence-corrected chi connectivity index (χ2v) is 6.41. The zero-order valence-corrected chi connectivity index (χ0v) is 14.7. The summed E-state index contributed by atoms with van der Waals surface area (Å²) >= 11 is 0.825. The lowest BCUT2D eigenvalue weighted by atomic mass is 10.2. The molecule has 0 heterocycles. The first kappa shape index (κ1) is 21.6. The van der Waals surface area contributed by atoms with Gasteiger partial charge in [-0.15, -0.1) is 11.8 Å². The highest BCUT2D eigenvalue weighted by Gasteiger charge is 2.30. The number of hydrogen-bond donors (Lipinski definition) is 2. The van der Waals surface area contributed by atoms with Crippen molar-refractivity contribution in [2.24, 2.45) is 0 Å². The molecule has 0 unspecified atom stereocenters. The van der Waals surface area contributed by atoms with Crippen LogP contribution in [-0.2, 0) is 15.8 Å². The molecular formula is C17H12F6N2O2S. The molecule has 2 rings (SSSR count). The number of benzene rings is 2. The predicted octanol–water partition coefficient (Wildman–Crippen LogP) is 3.97. The third-order valence-corrected chi connectivity index (χ3v) is 4.28. The van der Waals surface area contributed by atoms with Gasteiger partial charge in [0.25, 0.3) is 0 Å². The summed E-state index contributed by atoms with van der Waals surface area (Å²) in [4.78, 5) is 23.6. The molecule has 0 bridgehead atoms. The summed E-state index contributed by atoms with van der Waals surface area (Å²) in [7, 11) is 0. The molecule has 2 aromatic carbocycles. The number of anilines is 1. The van der Waals surface area contributed by atoms with Crippen molar-refractivity contribution in [3.63, 3.8) is 0 Å². The summed E-state index contributed by atoms with van der Waals surface area (Å²) in [5, 5.41) is 4.14. The second kappa shape index (κ2) is 9.00. The second-order valence-electron chi connectivity index (χ2n) is 5.36. The van der Waals surface area contributed by atoms with Crippen LogP contribution in [0.3, 0.4) is 0 Å². The molecule has 0 aliphatic heterocycles. The molecule has 0 saturated heterocycles. The third kappa shape index (κ3) is 5.91. The van der Waals surface area contributed by atoms with E-state index < -0.39 is 53.2 Å². The van der Waals surface area contributed by atoms with Crippen LogP contribution >= 0.6 is 11.8 Å². The fourth-order valence-corrected chi connectivity index (χ4v) is 2.74. The molecule has 0 fully saturated rings. The summed E-state index contributed by atoms with van der Waals surface area (Å²) in [5.41, 5.74) is -1.46. The third-order valence-electron chi connectivity index (χ3n) is 3.29. The summed E-state index contributed by atoms with van der Waals surface area (Å²) in [6.07, 6.45) is -4.51. The zero-order chi connectivity index (χ0) is 20.9. The fourth-order valence-electron chi connectivity index (χ4n) is 1.96. The lowest BCUT2D eigenvalue weighted by Crippen LogP contribution is -2.34. The smallest absolute Gasteiger partial charge is 0.346 e. The average Bonchev–Trinajstić information content (AvgIpc) is 2.65. The maximum atomic E-state index is 13.4. The Hall–Kier alpha value is -2.69. The highest BCUT2D eigenvalue weighted by atomic mass is 32.2. The Labute approximate surface area is 159 Å². The van der Waals surface area contributed by atoms with Crippen LogP contribution in [0.5, 0.6) is 0 Å². The number of amides is 2. The summed E-state index contributed by atoms with van der Waals surface area (Å²) in [6.45, 7) is -0.597. The van der Waals surface area contributed by atoms with Gasteiger partial charge in [0.2, 0.25) is 11.8 Å². The van der Waals surface area contributed by atoms with E-state index in [4.69, 9.17) is 0 Å². The Morgan fingerprint density at radius 2 is 1.68 bits per heavy atom. The molecule has 2 N–H and O–H groups in total. The van der Waals surface area contributed by atoms with Crippen LogP contribution in [0, 0.1) is 17.5 Å². The van der Waals surface area contributed by atoms with E-state index in [0.717, 1.165) is 30.0 Å². The maximum absolute atomic E-state index is 13.4. The van der Waals surface area contributed by atoms with Crippen molar-refractivity contribution in [2.75, 3.05) is 17.6 Å². The number of alkyl halides is 3. The van der Waals surface area contributed by atoms with E-state index in [9.17, 15) is 35.9 Å². The van der Waals surface area contributed by atoms with Gasteiger partial charge in [0.1, 0.15) is 0 Å². The molecule has 0 aliphatic rings. The van der Waals surface area contributed by atoms with E-state index in [1.54, 1.807) is 0 Å². The Bertz CT molecular complexity index is 888. The van der Waals surface area contributed by atoms with E-state index in [2.05, 4.69) is 5.32 Å². The van der Waals surface area contributed by atoms with Crippen LogP contribution in [0.1, 0.15) is 5.56 Å². The number of halogens is 6. The fraction of sp³-hybridized carbons (Fsp3) is 0.176. The van der Waals surface area contributed by atoms with E-state index in [-0.39, 0.29) is 10.6 Å². The monoisotopic (exact) mass is 422 g/mol. The molecule has 0 spiro atoms. The van der Waals surface area contributed by atoms with Crippen LogP contribution in [0.15, 0.2) is 41.3 Å². The first-order valence-corrected chi connectivity index (χ1v) is 8.56. The van der Waals surface area contributed by atoms with Gasteiger partial charge in [-0.3, -0.25) is 9.59 Å². The first-order valence-electron chi connectivity index (χ1n) is 7.58. The topological polar surface area (TPSA) is 58.2 Å². The summed E-state index contributed by atoms with van der Waals surface area (Å²) < 4.78 is 77.2. The molecule has 11 heteroatoms. The number of thioether (sulfide) groups is 1. The summed E-state index contributed by atoms with van der Waals surface area (Å²) in [6, 6.07) is 5.82. The number of carbonyl (C=O) groups is 2. The quantitative estimate of drug-likeness (QED) is 0.421. The number of hydrogen-bond acceptors (Lipinski definition) is 3. The maximum Gasteiger partial charge on any atom is 0.416 e. The molecule has 0 radical (unpaired) electrons. The van der Waals surface area contributed by atoms with Crippen LogP contribution in [-0.4, -0.2) is 24.1 Å². The molecule has 0 saturated carbocycles. The first-order chi connectivity index (χ1) is 13.1. The Morgan fingerprint density at radius 1 is 0.964 bits per heavy atom. The Balaban J connectivity index is 1.83. The van der Waals surface area contributed by atoms with Gasteiger partial charge in [-0.25, -0.2) is 13.2 Å². The van der Waals surface area contributed by atoms with Gasteiger partial charge in [0.15, 0.2) is 17.5 Å². The van der Waals surface area contributed by atoms with Gasteiger partial charge in [-0.05, 0) is 30.3 Å². The minimum Gasteiger partial charge on any atom is -0.346 e. The Morgan fingerprint density at radius 3 is 2.36 bits per heavy atom. The van der Waals surface area contributed by atoms with Crippen molar-refractivity contribution in [1.82, 2.24) is 5.32 Å². The number of carbonyl (C=O) groups excluding carboxylic acids is 2. The van der Waals surface area contributed by atoms with Crippen molar-refractivity contribution >= 4 is 29.3 Å². The van der Waals surface area contributed by atoms with Crippen LogP contribution < -0.4 is 10.6 Å². The molecular weight excluding hydrogens is 410 g/mol. The van der Waals surface area contributed by atoms with Crippen molar-refractivity contribution < 1.29 is 35.9 Å². The average molecular weight is 422 g/mol. The molecule has 0 aromatic heterocycles. The lowest BCUT2D eigenvalue weighted by molar-refractivity contribution is -0.137. The van der Waals surface area contributed by atoms with Crippen molar-refractivity contribution in [1.29, 1.82) is 0 Å². The van der Waals surface area contributed by atoms with Crippen molar-refractivity contribution in [3.05, 3.63) is 59.4 Å². The van der Waals surface area contributed by atoms with E-state index in [1.165, 1.54) is 12.1 Å². The van der Waals surface area contributed by atoms with Crippen LogP contribution in [0.2, 0.25) is 0 Å². The molecule has 4 nitrogen and oxygen atoms in total. The highest BCUT2D eigenvalue weighted by molar-refractivity contribution is 8.00. The standard InChI is InChI=1S/C17H12F6N2O2S/c18-11-4-5-12(16(20)15(11)19)25-13(26)7-24-14(27)8-28-10-3-1-2-9(6-10)17(21,22)23/h1-6H,7-8H2,(H,24,27)(H,25,26). The number of nitrogens with one attached hydrogen (secondary N) is 2. The van der Waals surface area contributed by atoms with Gasteiger partial charge in [0, 0.05) is 4.90 Å². The largest absolute Gasteiger partial charge is 0.416 e. The van der Waals surface area contributed by atoms with Gasteiger partial charge in [-0.1, -0.05) is 6.07 Å². The lowest BCUT2D eigenvalue weighted by Gasteiger charge is -2.09.